The van der Waals surface area contributed by atoms with E-state index >= 15 is 0 Å². The van der Waals surface area contributed by atoms with Gasteiger partial charge in [0.1, 0.15) is 29.8 Å². The SMILES string of the molecule is Cc1onc(C(=O)Nc2cc(F)ccc2F)c1COc1ccccc1. The minimum atomic E-state index is -0.753. The number of nitrogens with one attached hydrogen (secondary N) is 1. The van der Waals surface area contributed by atoms with Crippen LogP contribution in [0.3, 0.4) is 0 Å². The number of rotatable bonds is 5. The standard InChI is InChI=1S/C18H14F2N2O3/c1-11-14(10-24-13-5-3-2-4-6-13)17(22-25-11)18(23)21-16-9-12(19)7-8-15(16)20/h2-9H,10H2,1H3,(H,21,23). The first kappa shape index (κ1) is 16.6. The van der Waals surface area contributed by atoms with Crippen LogP contribution in [-0.4, -0.2) is 11.1 Å². The molecular weight excluding hydrogens is 330 g/mol. The molecule has 0 bridgehead atoms. The van der Waals surface area contributed by atoms with E-state index in [1.165, 1.54) is 0 Å². The van der Waals surface area contributed by atoms with Crippen molar-refractivity contribution in [3.63, 3.8) is 0 Å². The van der Waals surface area contributed by atoms with Crippen molar-refractivity contribution in [3.05, 3.63) is 77.2 Å². The molecule has 1 heterocycles. The van der Waals surface area contributed by atoms with Crippen LogP contribution in [-0.2, 0) is 6.61 Å². The molecule has 128 valence electrons. The maximum absolute atomic E-state index is 13.7. The summed E-state index contributed by atoms with van der Waals surface area (Å²) in [6.07, 6.45) is 0. The fourth-order valence-corrected chi connectivity index (χ4v) is 2.19. The van der Waals surface area contributed by atoms with E-state index < -0.39 is 17.5 Å². The molecule has 0 aliphatic rings. The molecule has 3 aromatic rings. The minimum Gasteiger partial charge on any atom is -0.489 e. The van der Waals surface area contributed by atoms with E-state index in [0.717, 1.165) is 18.2 Å². The number of para-hydroxylation sites is 1. The van der Waals surface area contributed by atoms with Crippen LogP contribution in [0.15, 0.2) is 53.1 Å². The van der Waals surface area contributed by atoms with E-state index in [1.807, 2.05) is 18.2 Å². The first-order valence-corrected chi connectivity index (χ1v) is 7.44. The van der Waals surface area contributed by atoms with Crippen molar-refractivity contribution in [2.45, 2.75) is 13.5 Å². The molecule has 3 rings (SSSR count). The second kappa shape index (κ2) is 7.12. The van der Waals surface area contributed by atoms with Crippen molar-refractivity contribution in [1.29, 1.82) is 0 Å². The van der Waals surface area contributed by atoms with Crippen LogP contribution in [0.5, 0.6) is 5.75 Å². The highest BCUT2D eigenvalue weighted by molar-refractivity contribution is 6.03. The summed E-state index contributed by atoms with van der Waals surface area (Å²) in [6, 6.07) is 11.8. The quantitative estimate of drug-likeness (QED) is 0.757. The molecule has 0 fully saturated rings. The molecule has 25 heavy (non-hydrogen) atoms. The van der Waals surface area contributed by atoms with E-state index in [2.05, 4.69) is 10.5 Å². The number of carbonyl (C=O) groups excluding carboxylic acids is 1. The van der Waals surface area contributed by atoms with Crippen LogP contribution in [0.1, 0.15) is 21.8 Å². The van der Waals surface area contributed by atoms with Crippen molar-refractivity contribution in [1.82, 2.24) is 5.16 Å². The van der Waals surface area contributed by atoms with Crippen LogP contribution >= 0.6 is 0 Å². The van der Waals surface area contributed by atoms with Gasteiger partial charge in [-0.25, -0.2) is 8.78 Å². The van der Waals surface area contributed by atoms with Gasteiger partial charge in [0, 0.05) is 6.07 Å². The van der Waals surface area contributed by atoms with Gasteiger partial charge in [-0.05, 0) is 31.2 Å². The van der Waals surface area contributed by atoms with Crippen molar-refractivity contribution in [2.75, 3.05) is 5.32 Å². The predicted molar refractivity (Wildman–Crippen MR) is 86.3 cm³/mol. The van der Waals surface area contributed by atoms with Gasteiger partial charge in [0.15, 0.2) is 5.69 Å². The Morgan fingerprint density at radius 3 is 2.72 bits per heavy atom. The van der Waals surface area contributed by atoms with Gasteiger partial charge in [-0.3, -0.25) is 4.79 Å². The summed E-state index contributed by atoms with van der Waals surface area (Å²) < 4.78 is 37.5. The minimum absolute atomic E-state index is 0.0444. The van der Waals surface area contributed by atoms with Gasteiger partial charge < -0.3 is 14.6 Å². The van der Waals surface area contributed by atoms with Crippen LogP contribution in [0.2, 0.25) is 0 Å². The van der Waals surface area contributed by atoms with E-state index in [4.69, 9.17) is 9.26 Å². The van der Waals surface area contributed by atoms with Gasteiger partial charge in [-0.1, -0.05) is 23.4 Å². The molecule has 1 N–H and O–H groups in total. The van der Waals surface area contributed by atoms with Crippen LogP contribution < -0.4 is 10.1 Å². The Hall–Kier alpha value is -3.22. The highest BCUT2D eigenvalue weighted by Crippen LogP contribution is 2.20. The maximum Gasteiger partial charge on any atom is 0.278 e. The summed E-state index contributed by atoms with van der Waals surface area (Å²) in [4.78, 5) is 12.3. The lowest BCUT2D eigenvalue weighted by Crippen LogP contribution is -2.16. The van der Waals surface area contributed by atoms with E-state index in [-0.39, 0.29) is 18.0 Å². The number of aromatic nitrogens is 1. The van der Waals surface area contributed by atoms with Crippen LogP contribution in [0, 0.1) is 18.6 Å². The summed E-state index contributed by atoms with van der Waals surface area (Å²) >= 11 is 0. The number of halogens is 2. The number of aryl methyl sites for hydroxylation is 1. The topological polar surface area (TPSA) is 64.4 Å². The lowest BCUT2D eigenvalue weighted by atomic mass is 10.2. The Morgan fingerprint density at radius 1 is 1.20 bits per heavy atom. The number of hydrogen-bond acceptors (Lipinski definition) is 4. The van der Waals surface area contributed by atoms with Crippen molar-refractivity contribution < 1.29 is 22.8 Å². The Labute approximate surface area is 142 Å². The highest BCUT2D eigenvalue weighted by Gasteiger charge is 2.21. The molecule has 0 aliphatic heterocycles. The van der Waals surface area contributed by atoms with Gasteiger partial charge in [0.25, 0.3) is 5.91 Å². The van der Waals surface area contributed by atoms with Gasteiger partial charge in [0.05, 0.1) is 11.3 Å². The molecule has 0 spiro atoms. The molecule has 0 aliphatic carbocycles. The zero-order valence-corrected chi connectivity index (χ0v) is 13.3. The molecule has 0 atom stereocenters. The zero-order chi connectivity index (χ0) is 17.8. The fraction of sp³-hybridized carbons (Fsp3) is 0.111. The number of carbonyl (C=O) groups is 1. The lowest BCUT2D eigenvalue weighted by Gasteiger charge is -2.08. The summed E-state index contributed by atoms with van der Waals surface area (Å²) in [7, 11) is 0. The van der Waals surface area contributed by atoms with Crippen LogP contribution in [0.25, 0.3) is 0 Å². The van der Waals surface area contributed by atoms with Gasteiger partial charge >= 0.3 is 0 Å². The molecule has 0 saturated carbocycles. The Bertz CT molecular complexity index is 895. The Morgan fingerprint density at radius 2 is 1.96 bits per heavy atom. The zero-order valence-electron chi connectivity index (χ0n) is 13.3. The predicted octanol–water partition coefficient (Wildman–Crippen LogP) is 4.09. The van der Waals surface area contributed by atoms with Gasteiger partial charge in [0.2, 0.25) is 0 Å². The molecule has 5 nitrogen and oxygen atoms in total. The molecule has 0 radical (unpaired) electrons. The number of nitrogens with zero attached hydrogens (tertiary/aromatic N) is 1. The third-order valence-electron chi connectivity index (χ3n) is 3.50. The van der Waals surface area contributed by atoms with Crippen LogP contribution in [0.4, 0.5) is 14.5 Å². The third-order valence-corrected chi connectivity index (χ3v) is 3.50. The normalized spacial score (nSPS) is 10.5. The van der Waals surface area contributed by atoms with E-state index in [1.54, 1.807) is 19.1 Å². The molecule has 2 aromatic carbocycles. The van der Waals surface area contributed by atoms with Crippen molar-refractivity contribution in [3.8, 4) is 5.75 Å². The number of anilines is 1. The van der Waals surface area contributed by atoms with Crippen molar-refractivity contribution >= 4 is 11.6 Å². The average molecular weight is 344 g/mol. The Balaban J connectivity index is 1.78. The van der Waals surface area contributed by atoms with Crippen molar-refractivity contribution in [2.24, 2.45) is 0 Å². The van der Waals surface area contributed by atoms with E-state index in [9.17, 15) is 13.6 Å². The number of ether oxygens (including phenoxy) is 1. The molecule has 1 aromatic heterocycles. The summed E-state index contributed by atoms with van der Waals surface area (Å²) in [5.74, 6) is -1.11. The average Bonchev–Trinajstić information content (AvgIpc) is 2.98. The van der Waals surface area contributed by atoms with Gasteiger partial charge in [-0.15, -0.1) is 0 Å². The second-order valence-electron chi connectivity index (χ2n) is 5.25. The largest absolute Gasteiger partial charge is 0.489 e. The Kier molecular flexibility index (Phi) is 4.74. The summed E-state index contributed by atoms with van der Waals surface area (Å²) in [5, 5.41) is 5.98. The van der Waals surface area contributed by atoms with Gasteiger partial charge in [-0.2, -0.15) is 0 Å². The highest BCUT2D eigenvalue weighted by atomic mass is 19.1. The molecule has 0 saturated heterocycles. The number of amides is 1. The summed E-state index contributed by atoms with van der Waals surface area (Å²) in [5.41, 5.74) is 0.107. The fourth-order valence-electron chi connectivity index (χ4n) is 2.19. The first-order valence-electron chi connectivity index (χ1n) is 7.44. The first-order chi connectivity index (χ1) is 12.0. The molecule has 0 unspecified atom stereocenters. The third kappa shape index (κ3) is 3.82. The maximum atomic E-state index is 13.7. The number of benzene rings is 2. The van der Waals surface area contributed by atoms with E-state index in [0.29, 0.717) is 17.1 Å². The molecule has 7 heteroatoms. The smallest absolute Gasteiger partial charge is 0.278 e. The second-order valence-corrected chi connectivity index (χ2v) is 5.25. The lowest BCUT2D eigenvalue weighted by molar-refractivity contribution is 0.101. The monoisotopic (exact) mass is 344 g/mol. The number of hydrogen-bond donors (Lipinski definition) is 1. The molecule has 1 amide bonds. The molecular formula is C18H14F2N2O3. The summed E-state index contributed by atoms with van der Waals surface area (Å²) in [6.45, 7) is 1.68.